The van der Waals surface area contributed by atoms with Gasteiger partial charge in [-0.1, -0.05) is 6.07 Å². The molecular weight excluding hydrogens is 410 g/mol. The number of nitrogens with one attached hydrogen (secondary N) is 2. The number of phenols is 1. The van der Waals surface area contributed by atoms with E-state index in [1.807, 2.05) is 13.0 Å². The van der Waals surface area contributed by atoms with Crippen LogP contribution < -0.4 is 16.4 Å². The van der Waals surface area contributed by atoms with Crippen LogP contribution >= 0.6 is 0 Å². The Bertz CT molecular complexity index is 898. The summed E-state index contributed by atoms with van der Waals surface area (Å²) < 4.78 is 0. The molecule has 0 radical (unpaired) electrons. The summed E-state index contributed by atoms with van der Waals surface area (Å²) in [6.07, 6.45) is 3.57. The largest absolute Gasteiger partial charge is 0.508 e. The number of aromatic hydroxyl groups is 1. The quantitative estimate of drug-likeness (QED) is 0.474. The number of nitrogens with two attached hydrogens (primary N) is 1. The van der Waals surface area contributed by atoms with Crippen molar-refractivity contribution in [3.63, 3.8) is 0 Å². The fraction of sp³-hybridized carbons (Fsp3) is 0.609. The van der Waals surface area contributed by atoms with Crippen molar-refractivity contribution < 1.29 is 19.5 Å². The summed E-state index contributed by atoms with van der Waals surface area (Å²) in [6, 6.07) is 4.66. The molecule has 0 bridgehead atoms. The first-order valence-corrected chi connectivity index (χ1v) is 11.4. The number of rotatable bonds is 5. The van der Waals surface area contributed by atoms with E-state index in [1.54, 1.807) is 12.1 Å². The predicted molar refractivity (Wildman–Crippen MR) is 118 cm³/mol. The van der Waals surface area contributed by atoms with Crippen LogP contribution in [0.2, 0.25) is 0 Å². The van der Waals surface area contributed by atoms with Gasteiger partial charge in [0.1, 0.15) is 5.75 Å². The Morgan fingerprint density at radius 2 is 1.97 bits per heavy atom. The first-order chi connectivity index (χ1) is 15.3. The number of amides is 3. The Balaban J connectivity index is 1.34. The van der Waals surface area contributed by atoms with Crippen molar-refractivity contribution in [1.82, 2.24) is 20.4 Å². The van der Waals surface area contributed by atoms with E-state index in [9.17, 15) is 19.5 Å². The maximum absolute atomic E-state index is 13.2. The topological polar surface area (TPSA) is 128 Å². The van der Waals surface area contributed by atoms with E-state index in [-0.39, 0.29) is 29.4 Å². The molecule has 3 heterocycles. The summed E-state index contributed by atoms with van der Waals surface area (Å²) in [5, 5.41) is 15.4. The second-order valence-electron chi connectivity index (χ2n) is 9.49. The Morgan fingerprint density at radius 3 is 2.69 bits per heavy atom. The molecule has 9 heteroatoms. The predicted octanol–water partition coefficient (Wildman–Crippen LogP) is 0.0586. The number of hydrogen-bond acceptors (Lipinski definition) is 7. The van der Waals surface area contributed by atoms with E-state index in [0.29, 0.717) is 26.1 Å². The molecule has 174 valence electrons. The highest BCUT2D eigenvalue weighted by atomic mass is 16.3. The number of nitrogens with zero attached hydrogens (tertiary/aromatic N) is 2. The standard InChI is InChI=1S/C23H33N5O4/c1-23(7-2-8-28(23)14-27-9-5-15(6-10-27)20(24)30)22(32)26-21(31)19-12-16-3-4-18(29)11-17(16)13-25-19/h3-4,11,15,19,25,29H,2,5-10,12-14H2,1H3,(H2,24,30)(H,26,31,32)/t19-,23?/m1/s1. The van der Waals surface area contributed by atoms with Crippen LogP contribution in [-0.4, -0.2) is 70.5 Å². The summed E-state index contributed by atoms with van der Waals surface area (Å²) in [4.78, 5) is 41.9. The lowest BCUT2D eigenvalue weighted by atomic mass is 9.94. The van der Waals surface area contributed by atoms with Crippen molar-refractivity contribution in [2.75, 3.05) is 26.3 Å². The summed E-state index contributed by atoms with van der Waals surface area (Å²) >= 11 is 0. The van der Waals surface area contributed by atoms with Crippen molar-refractivity contribution in [2.45, 2.75) is 57.2 Å². The van der Waals surface area contributed by atoms with Crippen LogP contribution in [0.25, 0.3) is 0 Å². The SMILES string of the molecule is CC1(C(=O)NC(=O)[C@H]2Cc3ccc(O)cc3CN2)CCCN1CN1CCC(C(N)=O)CC1. The lowest BCUT2D eigenvalue weighted by Gasteiger charge is -2.39. The van der Waals surface area contributed by atoms with Gasteiger partial charge in [-0.2, -0.15) is 0 Å². The number of imide groups is 1. The molecule has 0 aromatic heterocycles. The van der Waals surface area contributed by atoms with Gasteiger partial charge in [0.2, 0.25) is 17.7 Å². The van der Waals surface area contributed by atoms with Gasteiger partial charge in [-0.3, -0.25) is 29.5 Å². The van der Waals surface area contributed by atoms with Crippen LogP contribution in [0.5, 0.6) is 5.75 Å². The molecule has 4 rings (SSSR count). The summed E-state index contributed by atoms with van der Waals surface area (Å²) in [5.74, 6) is -0.662. The van der Waals surface area contributed by atoms with Crippen molar-refractivity contribution in [3.8, 4) is 5.75 Å². The zero-order valence-electron chi connectivity index (χ0n) is 18.6. The number of carbonyl (C=O) groups excluding carboxylic acids is 3. The molecular formula is C23H33N5O4. The molecule has 3 amide bonds. The van der Waals surface area contributed by atoms with Crippen LogP contribution in [0.15, 0.2) is 18.2 Å². The third-order valence-electron chi connectivity index (χ3n) is 7.35. The van der Waals surface area contributed by atoms with Gasteiger partial charge in [0.15, 0.2) is 0 Å². The third kappa shape index (κ3) is 4.65. The smallest absolute Gasteiger partial charge is 0.246 e. The number of primary amides is 1. The molecule has 2 atom stereocenters. The summed E-state index contributed by atoms with van der Waals surface area (Å²) in [7, 11) is 0. The van der Waals surface area contributed by atoms with Gasteiger partial charge < -0.3 is 16.2 Å². The van der Waals surface area contributed by atoms with Crippen LogP contribution in [0, 0.1) is 5.92 Å². The van der Waals surface area contributed by atoms with Crippen molar-refractivity contribution >= 4 is 17.7 Å². The maximum atomic E-state index is 13.2. The van der Waals surface area contributed by atoms with Crippen LogP contribution in [0.4, 0.5) is 0 Å². The van der Waals surface area contributed by atoms with Crippen LogP contribution in [0.1, 0.15) is 43.7 Å². The van der Waals surface area contributed by atoms with Crippen LogP contribution in [-0.2, 0) is 27.3 Å². The Kier molecular flexibility index (Phi) is 6.50. The highest BCUT2D eigenvalue weighted by molar-refractivity contribution is 6.02. The lowest BCUT2D eigenvalue weighted by molar-refractivity contribution is -0.138. The average Bonchev–Trinajstić information content (AvgIpc) is 3.15. The summed E-state index contributed by atoms with van der Waals surface area (Å²) in [5.41, 5.74) is 6.66. The molecule has 0 saturated carbocycles. The molecule has 3 aliphatic rings. The number of phenolic OH excluding ortho intramolecular Hbond substituents is 1. The monoisotopic (exact) mass is 443 g/mol. The van der Waals surface area contributed by atoms with E-state index in [0.717, 1.165) is 50.0 Å². The zero-order chi connectivity index (χ0) is 22.9. The molecule has 1 aromatic carbocycles. The van der Waals surface area contributed by atoms with Gasteiger partial charge in [-0.15, -0.1) is 0 Å². The third-order valence-corrected chi connectivity index (χ3v) is 7.35. The van der Waals surface area contributed by atoms with E-state index in [4.69, 9.17) is 5.73 Å². The second-order valence-corrected chi connectivity index (χ2v) is 9.49. The molecule has 2 fully saturated rings. The molecule has 1 unspecified atom stereocenters. The zero-order valence-corrected chi connectivity index (χ0v) is 18.6. The normalized spacial score (nSPS) is 27.1. The van der Waals surface area contributed by atoms with E-state index >= 15 is 0 Å². The molecule has 0 spiro atoms. The summed E-state index contributed by atoms with van der Waals surface area (Å²) in [6.45, 7) is 5.38. The molecule has 3 aliphatic heterocycles. The fourth-order valence-corrected chi connectivity index (χ4v) is 5.12. The first kappa shape index (κ1) is 22.7. The van der Waals surface area contributed by atoms with Crippen molar-refractivity contribution in [1.29, 1.82) is 0 Å². The van der Waals surface area contributed by atoms with Crippen molar-refractivity contribution in [3.05, 3.63) is 29.3 Å². The van der Waals surface area contributed by atoms with E-state index in [2.05, 4.69) is 20.4 Å². The van der Waals surface area contributed by atoms with Gasteiger partial charge in [0, 0.05) is 32.1 Å². The Morgan fingerprint density at radius 1 is 1.22 bits per heavy atom. The lowest BCUT2D eigenvalue weighted by Crippen LogP contribution is -2.60. The molecule has 9 nitrogen and oxygen atoms in total. The number of likely N-dealkylation sites (tertiary alicyclic amines) is 2. The van der Waals surface area contributed by atoms with Crippen molar-refractivity contribution in [2.24, 2.45) is 11.7 Å². The number of fused-ring (bicyclic) bond motifs is 1. The maximum Gasteiger partial charge on any atom is 0.246 e. The minimum atomic E-state index is -0.742. The van der Waals surface area contributed by atoms with E-state index in [1.165, 1.54) is 0 Å². The minimum Gasteiger partial charge on any atom is -0.508 e. The number of carbonyl (C=O) groups is 3. The average molecular weight is 444 g/mol. The first-order valence-electron chi connectivity index (χ1n) is 11.4. The van der Waals surface area contributed by atoms with Gasteiger partial charge in [0.25, 0.3) is 0 Å². The molecule has 5 N–H and O–H groups in total. The van der Waals surface area contributed by atoms with Crippen LogP contribution in [0.3, 0.4) is 0 Å². The number of benzene rings is 1. The molecule has 2 saturated heterocycles. The number of piperidine rings is 1. The molecule has 32 heavy (non-hydrogen) atoms. The highest BCUT2D eigenvalue weighted by Crippen LogP contribution is 2.30. The van der Waals surface area contributed by atoms with Gasteiger partial charge >= 0.3 is 0 Å². The van der Waals surface area contributed by atoms with Gasteiger partial charge in [-0.05, 0) is 62.3 Å². The fourth-order valence-electron chi connectivity index (χ4n) is 5.12. The van der Waals surface area contributed by atoms with Gasteiger partial charge in [-0.25, -0.2) is 0 Å². The second kappa shape index (κ2) is 9.17. The van der Waals surface area contributed by atoms with E-state index < -0.39 is 11.6 Å². The molecule has 1 aromatic rings. The minimum absolute atomic E-state index is 0.0609. The Hall–Kier alpha value is -2.49. The van der Waals surface area contributed by atoms with Gasteiger partial charge in [0.05, 0.1) is 18.2 Å². The molecule has 0 aliphatic carbocycles. The number of hydrogen-bond donors (Lipinski definition) is 4. The Labute approximate surface area is 188 Å². The highest BCUT2D eigenvalue weighted by Gasteiger charge is 2.45.